The van der Waals surface area contributed by atoms with Crippen LogP contribution in [-0.2, 0) is 0 Å². The fourth-order valence-corrected chi connectivity index (χ4v) is 1.76. The molecule has 0 saturated carbocycles. The highest BCUT2D eigenvalue weighted by Gasteiger charge is 2.11. The third kappa shape index (κ3) is 3.66. The maximum absolute atomic E-state index is 11.9. The van der Waals surface area contributed by atoms with Crippen LogP contribution in [0.3, 0.4) is 0 Å². The van der Waals surface area contributed by atoms with Crippen LogP contribution in [0.4, 0.5) is 0 Å². The Morgan fingerprint density at radius 3 is 2.65 bits per heavy atom. The second-order valence-corrected chi connectivity index (χ2v) is 5.32. The van der Waals surface area contributed by atoms with Crippen LogP contribution in [0, 0.1) is 12.8 Å². The summed E-state index contributed by atoms with van der Waals surface area (Å²) in [5.41, 5.74) is 2.42. The first kappa shape index (κ1) is 14.2. The van der Waals surface area contributed by atoms with Gasteiger partial charge in [0.1, 0.15) is 0 Å². The lowest BCUT2D eigenvalue weighted by Gasteiger charge is -2.04. The van der Waals surface area contributed by atoms with E-state index in [0.29, 0.717) is 18.2 Å². The Morgan fingerprint density at radius 2 is 2.00 bits per heavy atom. The molecule has 20 heavy (non-hydrogen) atoms. The van der Waals surface area contributed by atoms with E-state index in [1.165, 1.54) is 5.56 Å². The van der Waals surface area contributed by atoms with E-state index in [9.17, 15) is 4.79 Å². The van der Waals surface area contributed by atoms with Gasteiger partial charge >= 0.3 is 0 Å². The first-order valence-corrected chi connectivity index (χ1v) is 6.84. The third-order valence-electron chi connectivity index (χ3n) is 3.03. The van der Waals surface area contributed by atoms with Gasteiger partial charge in [0, 0.05) is 6.54 Å². The zero-order valence-electron chi connectivity index (χ0n) is 12.1. The van der Waals surface area contributed by atoms with Crippen LogP contribution >= 0.6 is 0 Å². The fourth-order valence-electron chi connectivity index (χ4n) is 1.76. The summed E-state index contributed by atoms with van der Waals surface area (Å²) >= 11 is 0. The van der Waals surface area contributed by atoms with Crippen LogP contribution in [0.15, 0.2) is 30.5 Å². The normalized spacial score (nSPS) is 10.8. The number of benzene rings is 1. The average molecular weight is 272 g/mol. The molecular weight excluding hydrogens is 252 g/mol. The van der Waals surface area contributed by atoms with E-state index < -0.39 is 0 Å². The molecule has 0 saturated heterocycles. The topological polar surface area (TPSA) is 59.8 Å². The van der Waals surface area contributed by atoms with E-state index >= 15 is 0 Å². The summed E-state index contributed by atoms with van der Waals surface area (Å²) in [7, 11) is 0. The molecule has 0 aliphatic rings. The van der Waals surface area contributed by atoms with Crippen LogP contribution in [0.25, 0.3) is 5.69 Å². The predicted molar refractivity (Wildman–Crippen MR) is 77.9 cm³/mol. The minimum atomic E-state index is -0.177. The monoisotopic (exact) mass is 272 g/mol. The minimum Gasteiger partial charge on any atom is -0.351 e. The van der Waals surface area contributed by atoms with Gasteiger partial charge in [0.15, 0.2) is 5.69 Å². The number of aryl methyl sites for hydroxylation is 1. The highest BCUT2D eigenvalue weighted by atomic mass is 16.2. The first-order valence-electron chi connectivity index (χ1n) is 6.84. The van der Waals surface area contributed by atoms with Gasteiger partial charge in [-0.15, -0.1) is 5.10 Å². The molecule has 1 aromatic carbocycles. The van der Waals surface area contributed by atoms with E-state index in [1.807, 2.05) is 31.2 Å². The quantitative estimate of drug-likeness (QED) is 0.909. The molecule has 1 amide bonds. The predicted octanol–water partition coefficient (Wildman–Crippen LogP) is 2.35. The zero-order valence-corrected chi connectivity index (χ0v) is 12.1. The number of aromatic nitrogens is 3. The van der Waals surface area contributed by atoms with Gasteiger partial charge in [-0.2, -0.15) is 0 Å². The molecule has 0 fully saturated rings. The van der Waals surface area contributed by atoms with Crippen LogP contribution in [-0.4, -0.2) is 27.4 Å². The van der Waals surface area contributed by atoms with Gasteiger partial charge in [-0.3, -0.25) is 4.79 Å². The van der Waals surface area contributed by atoms with E-state index in [-0.39, 0.29) is 5.91 Å². The molecular formula is C15H20N4O. The molecule has 1 aromatic heterocycles. The standard InChI is InChI=1S/C15H20N4O/c1-11(2)8-9-16-15(20)14-10-19(18-17-14)13-6-4-12(3)5-7-13/h4-7,10-11H,8-9H2,1-3H3,(H,16,20). The maximum Gasteiger partial charge on any atom is 0.273 e. The fraction of sp³-hybridized carbons (Fsp3) is 0.400. The van der Waals surface area contributed by atoms with Gasteiger partial charge in [-0.1, -0.05) is 36.8 Å². The lowest BCUT2D eigenvalue weighted by Crippen LogP contribution is -2.25. The summed E-state index contributed by atoms with van der Waals surface area (Å²) in [5, 5.41) is 10.7. The Bertz CT molecular complexity index is 572. The molecule has 0 radical (unpaired) electrons. The van der Waals surface area contributed by atoms with E-state index in [1.54, 1.807) is 10.9 Å². The SMILES string of the molecule is Cc1ccc(-n2cc(C(=O)NCCC(C)C)nn2)cc1. The summed E-state index contributed by atoms with van der Waals surface area (Å²) in [5.74, 6) is 0.391. The molecule has 0 bridgehead atoms. The number of nitrogens with one attached hydrogen (secondary N) is 1. The largest absolute Gasteiger partial charge is 0.351 e. The Kier molecular flexibility index (Phi) is 4.50. The molecule has 0 atom stereocenters. The minimum absolute atomic E-state index is 0.177. The molecule has 2 aromatic rings. The second-order valence-electron chi connectivity index (χ2n) is 5.32. The van der Waals surface area contributed by atoms with Crippen molar-refractivity contribution in [1.29, 1.82) is 0 Å². The van der Waals surface area contributed by atoms with Crippen LogP contribution < -0.4 is 5.32 Å². The molecule has 5 heteroatoms. The number of amides is 1. The Morgan fingerprint density at radius 1 is 1.30 bits per heavy atom. The Balaban J connectivity index is 2.01. The third-order valence-corrected chi connectivity index (χ3v) is 3.03. The van der Waals surface area contributed by atoms with Crippen molar-refractivity contribution >= 4 is 5.91 Å². The summed E-state index contributed by atoms with van der Waals surface area (Å²) in [6.45, 7) is 6.94. The number of hydrogen-bond acceptors (Lipinski definition) is 3. The average Bonchev–Trinajstić information content (AvgIpc) is 2.88. The summed E-state index contributed by atoms with van der Waals surface area (Å²) < 4.78 is 1.61. The molecule has 1 N–H and O–H groups in total. The highest BCUT2D eigenvalue weighted by Crippen LogP contribution is 2.08. The van der Waals surface area contributed by atoms with Gasteiger partial charge in [0.2, 0.25) is 0 Å². The molecule has 0 aliphatic heterocycles. The molecule has 2 rings (SSSR count). The van der Waals surface area contributed by atoms with Crippen molar-refractivity contribution in [3.05, 3.63) is 41.7 Å². The number of carbonyl (C=O) groups excluding carboxylic acids is 1. The molecule has 0 spiro atoms. The molecule has 1 heterocycles. The number of nitrogens with zero attached hydrogens (tertiary/aromatic N) is 3. The van der Waals surface area contributed by atoms with Crippen molar-refractivity contribution in [3.8, 4) is 5.69 Å². The van der Waals surface area contributed by atoms with Crippen LogP contribution in [0.2, 0.25) is 0 Å². The molecule has 106 valence electrons. The summed E-state index contributed by atoms with van der Waals surface area (Å²) in [6, 6.07) is 7.90. The second kappa shape index (κ2) is 6.32. The van der Waals surface area contributed by atoms with Crippen molar-refractivity contribution in [2.45, 2.75) is 27.2 Å². The van der Waals surface area contributed by atoms with Crippen molar-refractivity contribution in [2.75, 3.05) is 6.54 Å². The maximum atomic E-state index is 11.9. The van der Waals surface area contributed by atoms with Gasteiger partial charge in [0.25, 0.3) is 5.91 Å². The van der Waals surface area contributed by atoms with Crippen molar-refractivity contribution in [1.82, 2.24) is 20.3 Å². The van der Waals surface area contributed by atoms with E-state index in [2.05, 4.69) is 29.5 Å². The van der Waals surface area contributed by atoms with Crippen molar-refractivity contribution in [2.24, 2.45) is 5.92 Å². The van der Waals surface area contributed by atoms with Gasteiger partial charge in [-0.25, -0.2) is 4.68 Å². The lowest BCUT2D eigenvalue weighted by molar-refractivity contribution is 0.0947. The number of hydrogen-bond donors (Lipinski definition) is 1. The van der Waals surface area contributed by atoms with E-state index in [4.69, 9.17) is 0 Å². The zero-order chi connectivity index (χ0) is 14.5. The molecule has 0 aliphatic carbocycles. The van der Waals surface area contributed by atoms with Gasteiger partial charge in [-0.05, 0) is 31.4 Å². The van der Waals surface area contributed by atoms with Crippen molar-refractivity contribution in [3.63, 3.8) is 0 Å². The van der Waals surface area contributed by atoms with E-state index in [0.717, 1.165) is 12.1 Å². The Hall–Kier alpha value is -2.17. The Labute approximate surface area is 119 Å². The number of rotatable bonds is 5. The van der Waals surface area contributed by atoms with Gasteiger partial charge < -0.3 is 5.32 Å². The summed E-state index contributed by atoms with van der Waals surface area (Å²) in [6.07, 6.45) is 2.60. The van der Waals surface area contributed by atoms with Gasteiger partial charge in [0.05, 0.1) is 11.9 Å². The lowest BCUT2D eigenvalue weighted by atomic mass is 10.1. The van der Waals surface area contributed by atoms with Crippen LogP contribution in [0.5, 0.6) is 0 Å². The van der Waals surface area contributed by atoms with Crippen LogP contribution in [0.1, 0.15) is 36.3 Å². The number of carbonyl (C=O) groups is 1. The first-order chi connectivity index (χ1) is 9.56. The van der Waals surface area contributed by atoms with Crippen molar-refractivity contribution < 1.29 is 4.79 Å². The molecule has 0 unspecified atom stereocenters. The smallest absolute Gasteiger partial charge is 0.273 e. The summed E-state index contributed by atoms with van der Waals surface area (Å²) in [4.78, 5) is 11.9. The molecule has 5 nitrogen and oxygen atoms in total. The highest BCUT2D eigenvalue weighted by molar-refractivity contribution is 5.91.